The molecule has 0 aliphatic carbocycles. The van der Waals surface area contributed by atoms with Crippen LogP contribution < -0.4 is 9.04 Å². The van der Waals surface area contributed by atoms with Crippen LogP contribution in [0.3, 0.4) is 0 Å². The molecule has 1 aromatic heterocycles. The van der Waals surface area contributed by atoms with E-state index >= 15 is 0 Å². The van der Waals surface area contributed by atoms with E-state index < -0.39 is 10.0 Å². The molecule has 0 fully saturated rings. The maximum absolute atomic E-state index is 11.9. The van der Waals surface area contributed by atoms with Crippen molar-refractivity contribution < 1.29 is 13.2 Å². The van der Waals surface area contributed by atoms with Crippen LogP contribution in [0.4, 0.5) is 5.69 Å². The number of nitrogens with zero attached hydrogens (tertiary/aromatic N) is 4. The van der Waals surface area contributed by atoms with Gasteiger partial charge in [-0.3, -0.25) is 4.31 Å². The number of hydrogen-bond donors (Lipinski definition) is 0. The molecule has 20 heavy (non-hydrogen) atoms. The highest BCUT2D eigenvalue weighted by atomic mass is 32.2. The lowest BCUT2D eigenvalue weighted by atomic mass is 10.2. The maximum atomic E-state index is 11.9. The standard InChI is InChI=1S/C12H14N4O3S/c1-20(17,18)16-9-10(8-15-7-6-13-14-15)19-12-5-3-2-4-11(12)16/h2-7,10H,8-9H2,1H3. The normalized spacial score (nSPS) is 18.4. The predicted molar refractivity (Wildman–Crippen MR) is 73.1 cm³/mol. The molecule has 3 rings (SSSR count). The Morgan fingerprint density at radius 1 is 1.40 bits per heavy atom. The van der Waals surface area contributed by atoms with Crippen molar-refractivity contribution in [1.82, 2.24) is 15.0 Å². The van der Waals surface area contributed by atoms with Crippen molar-refractivity contribution in [3.8, 4) is 5.75 Å². The lowest BCUT2D eigenvalue weighted by molar-refractivity contribution is 0.173. The third-order valence-electron chi connectivity index (χ3n) is 3.06. The molecule has 1 aromatic carbocycles. The lowest BCUT2D eigenvalue weighted by Gasteiger charge is -2.34. The van der Waals surface area contributed by atoms with Crippen LogP contribution in [-0.2, 0) is 16.6 Å². The minimum absolute atomic E-state index is 0.260. The van der Waals surface area contributed by atoms with Gasteiger partial charge in [-0.1, -0.05) is 17.3 Å². The molecule has 7 nitrogen and oxygen atoms in total. The maximum Gasteiger partial charge on any atom is 0.232 e. The fraction of sp³-hybridized carbons (Fsp3) is 0.333. The largest absolute Gasteiger partial charge is 0.484 e. The van der Waals surface area contributed by atoms with Gasteiger partial charge in [0.05, 0.1) is 31.2 Å². The van der Waals surface area contributed by atoms with Gasteiger partial charge in [-0.25, -0.2) is 13.1 Å². The van der Waals surface area contributed by atoms with Gasteiger partial charge in [0.2, 0.25) is 10.0 Å². The quantitative estimate of drug-likeness (QED) is 0.824. The average molecular weight is 294 g/mol. The number of rotatable bonds is 3. The molecule has 1 atom stereocenters. The van der Waals surface area contributed by atoms with E-state index in [2.05, 4.69) is 10.3 Å². The van der Waals surface area contributed by atoms with E-state index in [-0.39, 0.29) is 12.6 Å². The Morgan fingerprint density at radius 3 is 2.90 bits per heavy atom. The summed E-state index contributed by atoms with van der Waals surface area (Å²) in [5, 5.41) is 7.60. The first-order valence-electron chi connectivity index (χ1n) is 6.11. The molecule has 2 aromatic rings. The second kappa shape index (κ2) is 4.78. The predicted octanol–water partition coefficient (Wildman–Crippen LogP) is 0.505. The van der Waals surface area contributed by atoms with Gasteiger partial charge in [0.1, 0.15) is 11.9 Å². The second-order valence-corrected chi connectivity index (χ2v) is 6.53. The Morgan fingerprint density at radius 2 is 2.20 bits per heavy atom. The van der Waals surface area contributed by atoms with Gasteiger partial charge in [-0.05, 0) is 12.1 Å². The van der Waals surface area contributed by atoms with Gasteiger partial charge < -0.3 is 4.74 Å². The molecule has 0 saturated heterocycles. The third-order valence-corrected chi connectivity index (χ3v) is 4.21. The molecule has 0 N–H and O–H groups in total. The molecule has 2 heterocycles. The number of hydrogen-bond acceptors (Lipinski definition) is 5. The molecular formula is C12H14N4O3S. The van der Waals surface area contributed by atoms with Gasteiger partial charge in [-0.15, -0.1) is 5.10 Å². The Bertz CT molecular complexity index is 699. The van der Waals surface area contributed by atoms with Gasteiger partial charge in [0.15, 0.2) is 0 Å². The van der Waals surface area contributed by atoms with E-state index in [0.717, 1.165) is 0 Å². The summed E-state index contributed by atoms with van der Waals surface area (Å²) in [6.07, 6.45) is 4.18. The van der Waals surface area contributed by atoms with Crippen molar-refractivity contribution in [2.24, 2.45) is 0 Å². The molecule has 106 valence electrons. The first kappa shape index (κ1) is 12.9. The first-order chi connectivity index (χ1) is 9.54. The zero-order chi connectivity index (χ0) is 14.2. The Kier molecular flexibility index (Phi) is 3.09. The summed E-state index contributed by atoms with van der Waals surface area (Å²) < 4.78 is 32.7. The third kappa shape index (κ3) is 2.46. The molecule has 0 bridgehead atoms. The van der Waals surface area contributed by atoms with Crippen LogP contribution in [0.15, 0.2) is 36.7 Å². The van der Waals surface area contributed by atoms with E-state index in [0.29, 0.717) is 18.0 Å². The van der Waals surface area contributed by atoms with E-state index in [1.54, 1.807) is 35.3 Å². The number of anilines is 1. The van der Waals surface area contributed by atoms with Crippen LogP contribution in [0, 0.1) is 0 Å². The zero-order valence-electron chi connectivity index (χ0n) is 10.9. The van der Waals surface area contributed by atoms with Crippen molar-refractivity contribution in [2.75, 3.05) is 17.1 Å². The highest BCUT2D eigenvalue weighted by molar-refractivity contribution is 7.92. The number of ether oxygens (including phenoxy) is 1. The molecular weight excluding hydrogens is 280 g/mol. The summed E-state index contributed by atoms with van der Waals surface area (Å²) in [4.78, 5) is 0. The fourth-order valence-corrected chi connectivity index (χ4v) is 3.16. The summed E-state index contributed by atoms with van der Waals surface area (Å²) in [7, 11) is -3.34. The molecule has 8 heteroatoms. The van der Waals surface area contributed by atoms with Gasteiger partial charge in [-0.2, -0.15) is 0 Å². The van der Waals surface area contributed by atoms with Crippen molar-refractivity contribution >= 4 is 15.7 Å². The Balaban J connectivity index is 1.92. The zero-order valence-corrected chi connectivity index (χ0v) is 11.7. The van der Waals surface area contributed by atoms with E-state index in [9.17, 15) is 8.42 Å². The number of sulfonamides is 1. The van der Waals surface area contributed by atoms with Gasteiger partial charge in [0.25, 0.3) is 0 Å². The summed E-state index contributed by atoms with van der Waals surface area (Å²) in [5.41, 5.74) is 0.574. The van der Waals surface area contributed by atoms with Crippen LogP contribution in [0.1, 0.15) is 0 Å². The number of aromatic nitrogens is 3. The summed E-state index contributed by atoms with van der Waals surface area (Å²) in [5.74, 6) is 0.564. The minimum atomic E-state index is -3.34. The molecule has 0 amide bonds. The number of fused-ring (bicyclic) bond motifs is 1. The highest BCUT2D eigenvalue weighted by Crippen LogP contribution is 2.34. The van der Waals surface area contributed by atoms with Crippen LogP contribution >= 0.6 is 0 Å². The average Bonchev–Trinajstić information content (AvgIpc) is 2.89. The van der Waals surface area contributed by atoms with Crippen molar-refractivity contribution in [3.05, 3.63) is 36.7 Å². The summed E-state index contributed by atoms with van der Waals surface area (Å²) >= 11 is 0. The molecule has 1 unspecified atom stereocenters. The van der Waals surface area contributed by atoms with E-state index in [1.165, 1.54) is 10.6 Å². The monoisotopic (exact) mass is 294 g/mol. The van der Waals surface area contributed by atoms with E-state index in [1.807, 2.05) is 6.07 Å². The molecule has 0 saturated carbocycles. The lowest BCUT2D eigenvalue weighted by Crippen LogP contribution is -2.44. The molecule has 1 aliphatic heterocycles. The fourth-order valence-electron chi connectivity index (χ4n) is 2.21. The number of benzene rings is 1. The number of para-hydroxylation sites is 2. The highest BCUT2D eigenvalue weighted by Gasteiger charge is 2.31. The molecule has 0 radical (unpaired) electrons. The molecule has 0 spiro atoms. The minimum Gasteiger partial charge on any atom is -0.484 e. The van der Waals surface area contributed by atoms with Crippen molar-refractivity contribution in [1.29, 1.82) is 0 Å². The Labute approximate surface area is 116 Å². The first-order valence-corrected chi connectivity index (χ1v) is 7.96. The topological polar surface area (TPSA) is 77.3 Å². The Hall–Kier alpha value is -2.09. The van der Waals surface area contributed by atoms with Crippen LogP contribution in [0.2, 0.25) is 0 Å². The second-order valence-electron chi connectivity index (χ2n) is 4.63. The SMILES string of the molecule is CS(=O)(=O)N1CC(Cn2ccnn2)Oc2ccccc21. The van der Waals surface area contributed by atoms with Gasteiger partial charge >= 0.3 is 0 Å². The van der Waals surface area contributed by atoms with Crippen LogP contribution in [0.5, 0.6) is 5.75 Å². The van der Waals surface area contributed by atoms with Crippen molar-refractivity contribution in [2.45, 2.75) is 12.6 Å². The van der Waals surface area contributed by atoms with Crippen molar-refractivity contribution in [3.63, 3.8) is 0 Å². The summed E-state index contributed by atoms with van der Waals surface area (Å²) in [6, 6.07) is 7.11. The van der Waals surface area contributed by atoms with E-state index in [4.69, 9.17) is 4.74 Å². The molecule has 1 aliphatic rings. The van der Waals surface area contributed by atoms with Crippen LogP contribution in [0.25, 0.3) is 0 Å². The smallest absolute Gasteiger partial charge is 0.232 e. The van der Waals surface area contributed by atoms with Crippen LogP contribution in [-0.4, -0.2) is 42.3 Å². The summed E-state index contributed by atoms with van der Waals surface area (Å²) in [6.45, 7) is 0.704. The van der Waals surface area contributed by atoms with Gasteiger partial charge in [0, 0.05) is 6.20 Å².